The summed E-state index contributed by atoms with van der Waals surface area (Å²) in [7, 11) is 0. The van der Waals surface area contributed by atoms with E-state index < -0.39 is 17.6 Å². The van der Waals surface area contributed by atoms with Gasteiger partial charge in [0.05, 0.1) is 11.3 Å². The second-order valence-corrected chi connectivity index (χ2v) is 5.42. The van der Waals surface area contributed by atoms with Gasteiger partial charge in [-0.2, -0.15) is 18.3 Å². The lowest BCUT2D eigenvalue weighted by atomic mass is 10.1. The van der Waals surface area contributed by atoms with E-state index in [0.717, 1.165) is 24.3 Å². The van der Waals surface area contributed by atoms with Crippen LogP contribution in [0.25, 0.3) is 11.3 Å². The summed E-state index contributed by atoms with van der Waals surface area (Å²) >= 11 is 0. The van der Waals surface area contributed by atoms with E-state index in [1.807, 2.05) is 0 Å². The monoisotopic (exact) mass is 359 g/mol. The normalized spacial score (nSPS) is 11.2. The summed E-state index contributed by atoms with van der Waals surface area (Å²) < 4.78 is 37.7. The first-order chi connectivity index (χ1) is 12.3. The number of rotatable bonds is 3. The van der Waals surface area contributed by atoms with Crippen LogP contribution in [0.1, 0.15) is 15.9 Å². The maximum absolute atomic E-state index is 12.6. The Balaban J connectivity index is 1.78. The van der Waals surface area contributed by atoms with E-state index in [4.69, 9.17) is 0 Å². The molecule has 0 aliphatic heterocycles. The Labute approximate surface area is 145 Å². The Morgan fingerprint density at radius 2 is 1.73 bits per heavy atom. The predicted octanol–water partition coefficient (Wildman–Crippen LogP) is 3.71. The Morgan fingerprint density at radius 1 is 1.00 bits per heavy atom. The first-order valence-corrected chi connectivity index (χ1v) is 7.48. The quantitative estimate of drug-likeness (QED) is 0.749. The van der Waals surface area contributed by atoms with Crippen LogP contribution in [0.4, 0.5) is 18.9 Å². The van der Waals surface area contributed by atoms with Crippen molar-refractivity contribution in [3.8, 4) is 11.3 Å². The zero-order valence-electron chi connectivity index (χ0n) is 13.2. The molecule has 0 fully saturated rings. The van der Waals surface area contributed by atoms with Gasteiger partial charge >= 0.3 is 6.18 Å². The number of aromatic amines is 1. The van der Waals surface area contributed by atoms with Crippen molar-refractivity contribution in [1.82, 2.24) is 10.2 Å². The number of H-pyrrole nitrogens is 1. The number of alkyl halides is 3. The minimum Gasteiger partial charge on any atom is -0.322 e. The van der Waals surface area contributed by atoms with Gasteiger partial charge in [0.25, 0.3) is 11.5 Å². The molecule has 2 aromatic carbocycles. The molecule has 3 aromatic rings. The van der Waals surface area contributed by atoms with Crippen LogP contribution >= 0.6 is 0 Å². The second kappa shape index (κ2) is 6.83. The van der Waals surface area contributed by atoms with E-state index in [1.165, 1.54) is 12.1 Å². The summed E-state index contributed by atoms with van der Waals surface area (Å²) in [5, 5.41) is 8.84. The number of benzene rings is 2. The molecule has 0 atom stereocenters. The molecule has 1 aromatic heterocycles. The summed E-state index contributed by atoms with van der Waals surface area (Å²) in [5.41, 5.74) is 0.563. The van der Waals surface area contributed by atoms with Crippen LogP contribution in [0.2, 0.25) is 0 Å². The lowest BCUT2D eigenvalue weighted by Crippen LogP contribution is -2.13. The number of halogens is 3. The maximum atomic E-state index is 12.6. The van der Waals surface area contributed by atoms with Crippen molar-refractivity contribution in [3.63, 3.8) is 0 Å². The van der Waals surface area contributed by atoms with Crippen molar-refractivity contribution in [2.45, 2.75) is 6.18 Å². The third-order valence-electron chi connectivity index (χ3n) is 3.57. The van der Waals surface area contributed by atoms with Gasteiger partial charge in [-0.1, -0.05) is 12.1 Å². The molecule has 132 valence electrons. The fraction of sp³-hybridized carbons (Fsp3) is 0.0556. The molecule has 0 saturated carbocycles. The number of carbonyl (C=O) groups excluding carboxylic acids is 1. The Morgan fingerprint density at radius 3 is 2.35 bits per heavy atom. The third kappa shape index (κ3) is 3.97. The standard InChI is InChI=1S/C18H12F3N3O2/c19-18(20,21)13-6-4-11(5-7-13)17(26)22-14-3-1-2-12(10-14)15-8-9-16(25)24-23-15/h1-10H,(H,22,26)(H,24,25). The van der Waals surface area contributed by atoms with E-state index in [1.54, 1.807) is 24.3 Å². The van der Waals surface area contributed by atoms with Crippen molar-refractivity contribution in [1.29, 1.82) is 0 Å². The molecule has 0 spiro atoms. The molecule has 0 aliphatic carbocycles. The fourth-order valence-corrected chi connectivity index (χ4v) is 2.28. The largest absolute Gasteiger partial charge is 0.416 e. The molecule has 0 saturated heterocycles. The molecule has 2 N–H and O–H groups in total. The Hall–Kier alpha value is -3.42. The fourth-order valence-electron chi connectivity index (χ4n) is 2.28. The van der Waals surface area contributed by atoms with Gasteiger partial charge in [0.15, 0.2) is 0 Å². The number of amides is 1. The van der Waals surface area contributed by atoms with E-state index >= 15 is 0 Å². The van der Waals surface area contributed by atoms with Gasteiger partial charge < -0.3 is 5.32 Å². The summed E-state index contributed by atoms with van der Waals surface area (Å²) in [6.45, 7) is 0. The lowest BCUT2D eigenvalue weighted by molar-refractivity contribution is -0.137. The number of nitrogens with zero attached hydrogens (tertiary/aromatic N) is 1. The number of hydrogen-bond donors (Lipinski definition) is 2. The second-order valence-electron chi connectivity index (χ2n) is 5.42. The van der Waals surface area contributed by atoms with Gasteiger partial charge in [0, 0.05) is 22.9 Å². The van der Waals surface area contributed by atoms with Crippen LogP contribution in [0.3, 0.4) is 0 Å². The lowest BCUT2D eigenvalue weighted by Gasteiger charge is -2.09. The van der Waals surface area contributed by atoms with Crippen LogP contribution in [-0.2, 0) is 6.18 Å². The van der Waals surface area contributed by atoms with Gasteiger partial charge in [-0.25, -0.2) is 5.10 Å². The Kier molecular flexibility index (Phi) is 4.57. The highest BCUT2D eigenvalue weighted by Gasteiger charge is 2.30. The molecule has 0 radical (unpaired) electrons. The van der Waals surface area contributed by atoms with Crippen LogP contribution in [-0.4, -0.2) is 16.1 Å². The van der Waals surface area contributed by atoms with E-state index in [2.05, 4.69) is 15.5 Å². The van der Waals surface area contributed by atoms with E-state index in [-0.39, 0.29) is 11.1 Å². The summed E-state index contributed by atoms with van der Waals surface area (Å²) in [6.07, 6.45) is -4.45. The highest BCUT2D eigenvalue weighted by molar-refractivity contribution is 6.04. The smallest absolute Gasteiger partial charge is 0.322 e. The molecule has 1 amide bonds. The zero-order chi connectivity index (χ0) is 18.7. The average Bonchev–Trinajstić information content (AvgIpc) is 2.62. The van der Waals surface area contributed by atoms with Crippen LogP contribution < -0.4 is 10.9 Å². The highest BCUT2D eigenvalue weighted by atomic mass is 19.4. The van der Waals surface area contributed by atoms with E-state index in [9.17, 15) is 22.8 Å². The summed E-state index contributed by atoms with van der Waals surface area (Å²) in [6, 6.07) is 13.5. The van der Waals surface area contributed by atoms with Gasteiger partial charge in [-0.3, -0.25) is 9.59 Å². The molecular formula is C18H12F3N3O2. The Bertz CT molecular complexity index is 975. The number of aromatic nitrogens is 2. The van der Waals surface area contributed by atoms with Gasteiger partial charge in [0.1, 0.15) is 0 Å². The molecule has 0 aliphatic rings. The number of nitrogens with one attached hydrogen (secondary N) is 2. The maximum Gasteiger partial charge on any atom is 0.416 e. The first-order valence-electron chi connectivity index (χ1n) is 7.48. The van der Waals surface area contributed by atoms with Crippen LogP contribution in [0.5, 0.6) is 0 Å². The van der Waals surface area contributed by atoms with Crippen molar-refractivity contribution in [2.75, 3.05) is 5.32 Å². The van der Waals surface area contributed by atoms with Crippen molar-refractivity contribution < 1.29 is 18.0 Å². The van der Waals surface area contributed by atoms with Gasteiger partial charge in [0.2, 0.25) is 0 Å². The minimum atomic E-state index is -4.45. The topological polar surface area (TPSA) is 74.8 Å². The van der Waals surface area contributed by atoms with Gasteiger partial charge in [-0.05, 0) is 42.5 Å². The number of hydrogen-bond acceptors (Lipinski definition) is 3. The number of carbonyl (C=O) groups is 1. The molecule has 1 heterocycles. The van der Waals surface area contributed by atoms with Crippen molar-refractivity contribution in [2.24, 2.45) is 0 Å². The number of anilines is 1. The zero-order valence-corrected chi connectivity index (χ0v) is 13.2. The van der Waals surface area contributed by atoms with Crippen LogP contribution in [0, 0.1) is 0 Å². The SMILES string of the molecule is O=C(Nc1cccc(-c2ccc(=O)[nH]n2)c1)c1ccc(C(F)(F)F)cc1. The molecule has 8 heteroatoms. The van der Waals surface area contributed by atoms with E-state index in [0.29, 0.717) is 16.9 Å². The first kappa shape index (κ1) is 17.4. The third-order valence-corrected chi connectivity index (χ3v) is 3.57. The van der Waals surface area contributed by atoms with Crippen molar-refractivity contribution >= 4 is 11.6 Å². The summed E-state index contributed by atoms with van der Waals surface area (Å²) in [5.74, 6) is -0.537. The molecule has 26 heavy (non-hydrogen) atoms. The molecule has 0 bridgehead atoms. The summed E-state index contributed by atoms with van der Waals surface area (Å²) in [4.78, 5) is 23.3. The molecular weight excluding hydrogens is 347 g/mol. The molecule has 3 rings (SSSR count). The average molecular weight is 359 g/mol. The van der Waals surface area contributed by atoms with Gasteiger partial charge in [-0.15, -0.1) is 0 Å². The molecule has 5 nitrogen and oxygen atoms in total. The highest BCUT2D eigenvalue weighted by Crippen LogP contribution is 2.29. The minimum absolute atomic E-state index is 0.102. The van der Waals surface area contributed by atoms with Crippen molar-refractivity contribution in [3.05, 3.63) is 82.1 Å². The molecule has 0 unspecified atom stereocenters. The predicted molar refractivity (Wildman–Crippen MR) is 89.7 cm³/mol. The van der Waals surface area contributed by atoms with Crippen LogP contribution in [0.15, 0.2) is 65.5 Å².